The van der Waals surface area contributed by atoms with Gasteiger partial charge in [-0.05, 0) is 35.2 Å². The van der Waals surface area contributed by atoms with Gasteiger partial charge in [0.1, 0.15) is 0 Å². The van der Waals surface area contributed by atoms with Crippen molar-refractivity contribution in [2.45, 2.75) is 13.0 Å². The summed E-state index contributed by atoms with van der Waals surface area (Å²) in [4.78, 5) is 0. The molecule has 0 bridgehead atoms. The van der Waals surface area contributed by atoms with Gasteiger partial charge in [0.25, 0.3) is 10.1 Å². The average molecular weight is 467 g/mol. The second kappa shape index (κ2) is 7.96. The van der Waals surface area contributed by atoms with Crippen molar-refractivity contribution in [3.63, 3.8) is 0 Å². The Morgan fingerprint density at radius 2 is 1.87 bits per heavy atom. The fourth-order valence-corrected chi connectivity index (χ4v) is 3.57. The Morgan fingerprint density at radius 1 is 1.19 bits per heavy atom. The van der Waals surface area contributed by atoms with Crippen molar-refractivity contribution >= 4 is 30.0 Å². The molecule has 0 fully saturated rings. The monoisotopic (exact) mass is 467 g/mol. The first-order chi connectivity index (χ1) is 14.7. The van der Waals surface area contributed by atoms with Crippen LogP contribution in [0.15, 0.2) is 36.5 Å². The van der Waals surface area contributed by atoms with Crippen LogP contribution in [0.1, 0.15) is 5.56 Å². The first kappa shape index (κ1) is 21.3. The number of hydrogen-bond donors (Lipinski definition) is 2. The number of fused-ring (bicyclic) bond motifs is 5. The molecule has 31 heavy (non-hydrogen) atoms. The molecule has 12 heteroatoms. The summed E-state index contributed by atoms with van der Waals surface area (Å²) in [5, 5.41) is 12.2. The van der Waals surface area contributed by atoms with Crippen LogP contribution in [0.3, 0.4) is 0 Å². The fraction of sp³-hybridized carbons (Fsp3) is 0.211. The smallest absolute Gasteiger partial charge is 0.262 e. The molecule has 2 aliphatic heterocycles. The molecule has 3 aromatic rings. The number of ether oxygens (including phenoxy) is 3. The highest BCUT2D eigenvalue weighted by molar-refractivity contribution is 8.59. The third-order valence-electron chi connectivity index (χ3n) is 4.99. The van der Waals surface area contributed by atoms with Gasteiger partial charge in [0.15, 0.2) is 35.7 Å². The van der Waals surface area contributed by atoms with Crippen LogP contribution in [0, 0.1) is 0 Å². The highest BCUT2D eigenvalue weighted by atomic mass is 33.2. The molecule has 0 saturated carbocycles. The van der Waals surface area contributed by atoms with Crippen LogP contribution >= 0.6 is 0 Å². The van der Waals surface area contributed by atoms with Gasteiger partial charge in [-0.3, -0.25) is 4.55 Å². The van der Waals surface area contributed by atoms with Crippen LogP contribution in [0.25, 0.3) is 22.0 Å². The van der Waals surface area contributed by atoms with Crippen molar-refractivity contribution in [1.82, 2.24) is 0 Å². The Bertz CT molecular complexity index is 1320. The van der Waals surface area contributed by atoms with Crippen molar-refractivity contribution in [2.75, 3.05) is 13.9 Å². The quantitative estimate of drug-likeness (QED) is 0.247. The number of benzene rings is 2. The van der Waals surface area contributed by atoms with E-state index in [0.29, 0.717) is 5.75 Å². The molecule has 5 rings (SSSR count). The first-order valence-corrected chi connectivity index (χ1v) is 12.0. The van der Waals surface area contributed by atoms with Gasteiger partial charge >= 0.3 is 0 Å². The van der Waals surface area contributed by atoms with E-state index in [4.69, 9.17) is 18.8 Å². The molecule has 1 unspecified atom stereocenters. The average Bonchev–Trinajstić information content (AvgIpc) is 3.19. The summed E-state index contributed by atoms with van der Waals surface area (Å²) in [5.41, 5.74) is 3.53. The number of aryl methyl sites for hydroxylation is 2. The highest BCUT2D eigenvalue weighted by Gasteiger charge is 2.28. The number of hydrogen-bond acceptors (Lipinski definition) is 8. The Morgan fingerprint density at radius 3 is 2.52 bits per heavy atom. The summed E-state index contributed by atoms with van der Waals surface area (Å²) in [7, 11) is -6.67. The summed E-state index contributed by atoms with van der Waals surface area (Å²) < 4.78 is 62.8. The zero-order valence-corrected chi connectivity index (χ0v) is 17.7. The van der Waals surface area contributed by atoms with Crippen LogP contribution in [0.2, 0.25) is 0 Å². The molecule has 10 nitrogen and oxygen atoms in total. The van der Waals surface area contributed by atoms with Crippen LogP contribution in [-0.2, 0) is 32.2 Å². The first-order valence-electron chi connectivity index (χ1n) is 8.92. The van der Waals surface area contributed by atoms with Crippen molar-refractivity contribution in [2.24, 2.45) is 0 Å². The number of rotatable bonds is 2. The zero-order chi connectivity index (χ0) is 22.3. The predicted molar refractivity (Wildman–Crippen MR) is 108 cm³/mol. The van der Waals surface area contributed by atoms with Crippen molar-refractivity contribution in [3.8, 4) is 34.3 Å². The molecule has 3 heterocycles. The second-order valence-corrected chi connectivity index (χ2v) is 10.0. The minimum absolute atomic E-state index is 0.182. The van der Waals surface area contributed by atoms with E-state index < -0.39 is 19.3 Å². The number of nitrogens with zero attached hydrogens (tertiary/aromatic N) is 1. The molecule has 0 aliphatic carbocycles. The van der Waals surface area contributed by atoms with E-state index in [0.717, 1.165) is 46.5 Å². The molecule has 2 aromatic carbocycles. The van der Waals surface area contributed by atoms with E-state index in [1.165, 1.54) is 5.56 Å². The fourth-order valence-electron chi connectivity index (χ4n) is 3.57. The SMILES string of the molecule is COc1ccc2cc3[n+](cc2c1O)CCc1cc2c(cc1-3)OCO2.O=S(O)S(=O)(=O)[O-]. The van der Waals surface area contributed by atoms with Gasteiger partial charge < -0.3 is 23.9 Å². The van der Waals surface area contributed by atoms with Crippen molar-refractivity contribution < 1.29 is 45.6 Å². The van der Waals surface area contributed by atoms with Crippen LogP contribution in [0.5, 0.6) is 23.0 Å². The molecule has 0 saturated heterocycles. The maximum Gasteiger partial charge on any atom is 0.262 e. The maximum absolute atomic E-state index is 10.4. The molecule has 0 radical (unpaired) electrons. The molecular weight excluding hydrogens is 450 g/mol. The summed E-state index contributed by atoms with van der Waals surface area (Å²) >= 11 is 0. The van der Waals surface area contributed by atoms with E-state index in [9.17, 15) is 22.3 Å². The number of phenolic OH excluding ortho intramolecular Hbond substituents is 1. The summed E-state index contributed by atoms with van der Waals surface area (Å²) in [6.07, 6.45) is 2.91. The lowest BCUT2D eigenvalue weighted by atomic mass is 9.95. The molecule has 2 N–H and O–H groups in total. The Labute approximate surface area is 179 Å². The summed E-state index contributed by atoms with van der Waals surface area (Å²) in [6, 6.07) is 10.00. The molecular formula is C19H17NO9S2. The van der Waals surface area contributed by atoms with Crippen molar-refractivity contribution in [1.29, 1.82) is 0 Å². The minimum atomic E-state index is -4.96. The van der Waals surface area contributed by atoms with Gasteiger partial charge in [-0.2, -0.15) is 4.57 Å². The molecule has 2 aliphatic rings. The van der Waals surface area contributed by atoms with E-state index >= 15 is 0 Å². The lowest BCUT2D eigenvalue weighted by molar-refractivity contribution is -0.686. The molecule has 1 aromatic heterocycles. The number of aromatic nitrogens is 1. The Hall–Kier alpha value is -2.93. The molecule has 0 spiro atoms. The lowest BCUT2D eigenvalue weighted by Crippen LogP contribution is -2.39. The van der Waals surface area contributed by atoms with E-state index in [1.807, 2.05) is 12.3 Å². The Kier molecular flexibility index (Phi) is 5.47. The summed E-state index contributed by atoms with van der Waals surface area (Å²) in [6.45, 7) is 1.14. The van der Waals surface area contributed by atoms with E-state index in [1.54, 1.807) is 13.2 Å². The molecule has 164 valence electrons. The standard InChI is InChI=1S/C19H15NO4.H2O5S2/c1-22-16-3-2-11-6-15-13-8-18-17(23-10-24-18)7-12(13)4-5-20(15)9-14(11)19(16)21;1-6(2)7(3,4)5/h2-3,6-9H,4-5,10H2,1H3;(H,1,2)(H,3,4,5). The minimum Gasteiger partial charge on any atom is -0.736 e. The van der Waals surface area contributed by atoms with Gasteiger partial charge in [0.05, 0.1) is 18.1 Å². The van der Waals surface area contributed by atoms with Gasteiger partial charge in [0.2, 0.25) is 21.6 Å². The number of phenols is 1. The third-order valence-corrected chi connectivity index (χ3v) is 6.39. The second-order valence-electron chi connectivity index (χ2n) is 6.71. The number of pyridine rings is 1. The number of aromatic hydroxyl groups is 1. The van der Waals surface area contributed by atoms with E-state index in [-0.39, 0.29) is 12.5 Å². The maximum atomic E-state index is 10.4. The highest BCUT2D eigenvalue weighted by Crippen LogP contribution is 2.41. The van der Waals surface area contributed by atoms with Crippen molar-refractivity contribution in [3.05, 3.63) is 42.1 Å². The van der Waals surface area contributed by atoms with Gasteiger partial charge in [-0.1, -0.05) is 0 Å². The summed E-state index contributed by atoms with van der Waals surface area (Å²) in [5.74, 6) is 2.29. The molecule has 1 atom stereocenters. The number of methoxy groups -OCH3 is 1. The topological polar surface area (TPSA) is 146 Å². The van der Waals surface area contributed by atoms with Crippen LogP contribution in [-0.4, -0.2) is 40.7 Å². The van der Waals surface area contributed by atoms with Gasteiger partial charge in [-0.15, -0.1) is 0 Å². The zero-order valence-electron chi connectivity index (χ0n) is 16.1. The largest absolute Gasteiger partial charge is 0.736 e. The molecule has 0 amide bonds. The predicted octanol–water partition coefficient (Wildman–Crippen LogP) is 1.46. The van der Waals surface area contributed by atoms with Crippen LogP contribution < -0.4 is 18.8 Å². The van der Waals surface area contributed by atoms with Crippen LogP contribution in [0.4, 0.5) is 0 Å². The Balaban J connectivity index is 0.000000289. The van der Waals surface area contributed by atoms with Gasteiger partial charge in [-0.25, -0.2) is 12.6 Å². The van der Waals surface area contributed by atoms with E-state index in [2.05, 4.69) is 22.8 Å². The lowest BCUT2D eigenvalue weighted by Gasteiger charge is -2.16. The van der Waals surface area contributed by atoms with Gasteiger partial charge in [0, 0.05) is 12.5 Å². The normalized spacial score (nSPS) is 14.8. The third kappa shape index (κ3) is 4.02.